The van der Waals surface area contributed by atoms with Crippen LogP contribution in [0.4, 0.5) is 11.5 Å². The van der Waals surface area contributed by atoms with Gasteiger partial charge in [-0.15, -0.1) is 0 Å². The summed E-state index contributed by atoms with van der Waals surface area (Å²) in [7, 11) is -3.49. The van der Waals surface area contributed by atoms with Crippen molar-refractivity contribution >= 4 is 55.6 Å². The molecule has 6 nitrogen and oxygen atoms in total. The van der Waals surface area contributed by atoms with E-state index in [-0.39, 0.29) is 17.6 Å². The van der Waals surface area contributed by atoms with Crippen LogP contribution in [0.2, 0.25) is 10.3 Å². The van der Waals surface area contributed by atoms with Gasteiger partial charge in [-0.1, -0.05) is 29.8 Å². The first-order valence-corrected chi connectivity index (χ1v) is 9.76. The van der Waals surface area contributed by atoms with E-state index in [2.05, 4.69) is 20.0 Å². The molecule has 0 amide bonds. The molecule has 25 heavy (non-hydrogen) atoms. The van der Waals surface area contributed by atoms with E-state index < -0.39 is 10.0 Å². The number of nitrogens with zero attached hydrogens (tertiary/aromatic N) is 2. The Hall–Kier alpha value is -2.09. The molecule has 0 fully saturated rings. The molecule has 0 saturated heterocycles. The SMILES string of the molecule is O=S(=O)(CCNc1nc(Cl)nc2ccc(Cl)cc12)Nc1ccccc1. The Bertz CT molecular complexity index is 998. The van der Waals surface area contributed by atoms with Crippen molar-refractivity contribution in [1.82, 2.24) is 9.97 Å². The molecule has 3 aromatic rings. The highest BCUT2D eigenvalue weighted by atomic mass is 35.5. The zero-order chi connectivity index (χ0) is 17.9. The van der Waals surface area contributed by atoms with E-state index in [0.717, 1.165) is 0 Å². The molecule has 0 aliphatic heterocycles. The minimum absolute atomic E-state index is 0.0718. The molecule has 0 spiro atoms. The van der Waals surface area contributed by atoms with E-state index in [0.29, 0.717) is 27.4 Å². The van der Waals surface area contributed by atoms with Crippen molar-refractivity contribution in [3.8, 4) is 0 Å². The third-order valence-corrected chi connectivity index (χ3v) is 5.03. The van der Waals surface area contributed by atoms with Gasteiger partial charge in [-0.3, -0.25) is 4.72 Å². The Kier molecular flexibility index (Phi) is 5.27. The average Bonchev–Trinajstić information content (AvgIpc) is 2.55. The van der Waals surface area contributed by atoms with Crippen LogP contribution in [0.15, 0.2) is 48.5 Å². The van der Waals surface area contributed by atoms with Gasteiger partial charge in [0.1, 0.15) is 5.82 Å². The van der Waals surface area contributed by atoms with Crippen molar-refractivity contribution < 1.29 is 8.42 Å². The molecule has 3 rings (SSSR count). The van der Waals surface area contributed by atoms with Crippen LogP contribution in [0.3, 0.4) is 0 Å². The first-order valence-electron chi connectivity index (χ1n) is 7.35. The van der Waals surface area contributed by atoms with Crippen molar-refractivity contribution in [2.45, 2.75) is 0 Å². The highest BCUT2D eigenvalue weighted by Gasteiger charge is 2.12. The van der Waals surface area contributed by atoms with Gasteiger partial charge in [0.15, 0.2) is 0 Å². The molecule has 0 aliphatic rings. The van der Waals surface area contributed by atoms with Gasteiger partial charge in [0.25, 0.3) is 0 Å². The highest BCUT2D eigenvalue weighted by Crippen LogP contribution is 2.25. The van der Waals surface area contributed by atoms with E-state index in [1.807, 2.05) is 6.07 Å². The van der Waals surface area contributed by atoms with E-state index in [1.54, 1.807) is 42.5 Å². The number of halogens is 2. The summed E-state index contributed by atoms with van der Waals surface area (Å²) in [5.74, 6) is 0.304. The summed E-state index contributed by atoms with van der Waals surface area (Å²) in [6.07, 6.45) is 0. The molecule has 2 N–H and O–H groups in total. The number of rotatable bonds is 6. The van der Waals surface area contributed by atoms with Gasteiger partial charge < -0.3 is 5.32 Å². The van der Waals surface area contributed by atoms with Gasteiger partial charge in [-0.05, 0) is 41.9 Å². The summed E-state index contributed by atoms with van der Waals surface area (Å²) in [5, 5.41) is 4.26. The average molecular weight is 397 g/mol. The number of para-hydroxylation sites is 1. The molecule has 0 atom stereocenters. The summed E-state index contributed by atoms with van der Waals surface area (Å²) in [4.78, 5) is 8.23. The van der Waals surface area contributed by atoms with Crippen LogP contribution in [0, 0.1) is 0 Å². The molecule has 0 saturated carbocycles. The summed E-state index contributed by atoms with van der Waals surface area (Å²) >= 11 is 11.9. The fourth-order valence-electron chi connectivity index (χ4n) is 2.25. The Balaban J connectivity index is 1.71. The number of sulfonamides is 1. The fraction of sp³-hybridized carbons (Fsp3) is 0.125. The lowest BCUT2D eigenvalue weighted by Crippen LogP contribution is -2.22. The van der Waals surface area contributed by atoms with Crippen LogP contribution in [0.5, 0.6) is 0 Å². The fourth-order valence-corrected chi connectivity index (χ4v) is 3.56. The summed E-state index contributed by atoms with van der Waals surface area (Å²) in [5.41, 5.74) is 1.14. The molecule has 0 radical (unpaired) electrons. The van der Waals surface area contributed by atoms with Crippen molar-refractivity contribution in [3.05, 3.63) is 58.8 Å². The zero-order valence-corrected chi connectivity index (χ0v) is 15.2. The lowest BCUT2D eigenvalue weighted by atomic mass is 10.2. The monoisotopic (exact) mass is 396 g/mol. The quantitative estimate of drug-likeness (QED) is 0.619. The number of fused-ring (bicyclic) bond motifs is 1. The topological polar surface area (TPSA) is 84.0 Å². The van der Waals surface area contributed by atoms with Crippen LogP contribution in [-0.2, 0) is 10.0 Å². The lowest BCUT2D eigenvalue weighted by Gasteiger charge is -2.11. The molecular weight excluding hydrogens is 383 g/mol. The van der Waals surface area contributed by atoms with E-state index in [4.69, 9.17) is 23.2 Å². The van der Waals surface area contributed by atoms with Gasteiger partial charge in [0, 0.05) is 22.6 Å². The van der Waals surface area contributed by atoms with Crippen LogP contribution >= 0.6 is 23.2 Å². The van der Waals surface area contributed by atoms with E-state index in [1.165, 1.54) is 0 Å². The van der Waals surface area contributed by atoms with Crippen LogP contribution < -0.4 is 10.0 Å². The maximum Gasteiger partial charge on any atom is 0.234 e. The maximum atomic E-state index is 12.1. The summed E-state index contributed by atoms with van der Waals surface area (Å²) in [6.45, 7) is 0.150. The zero-order valence-electron chi connectivity index (χ0n) is 12.9. The highest BCUT2D eigenvalue weighted by molar-refractivity contribution is 7.92. The van der Waals surface area contributed by atoms with Crippen molar-refractivity contribution in [1.29, 1.82) is 0 Å². The van der Waals surface area contributed by atoms with Gasteiger partial charge in [0.05, 0.1) is 11.3 Å². The Morgan fingerprint density at radius 3 is 2.52 bits per heavy atom. The summed E-state index contributed by atoms with van der Waals surface area (Å²) < 4.78 is 26.8. The third kappa shape index (κ3) is 4.72. The minimum Gasteiger partial charge on any atom is -0.368 e. The second kappa shape index (κ2) is 7.43. The molecule has 130 valence electrons. The van der Waals surface area contributed by atoms with Crippen molar-refractivity contribution in [2.24, 2.45) is 0 Å². The molecule has 1 aromatic heterocycles. The minimum atomic E-state index is -3.49. The van der Waals surface area contributed by atoms with Gasteiger partial charge in [-0.2, -0.15) is 0 Å². The summed E-state index contributed by atoms with van der Waals surface area (Å²) in [6, 6.07) is 13.8. The third-order valence-electron chi connectivity index (χ3n) is 3.34. The molecular formula is C16H14Cl2N4O2S. The van der Waals surface area contributed by atoms with Gasteiger partial charge >= 0.3 is 0 Å². The molecule has 0 unspecified atom stereocenters. The number of hydrogen-bond acceptors (Lipinski definition) is 5. The number of benzene rings is 2. The molecule has 0 aliphatic carbocycles. The maximum absolute atomic E-state index is 12.1. The lowest BCUT2D eigenvalue weighted by molar-refractivity contribution is 0.601. The van der Waals surface area contributed by atoms with Crippen LogP contribution in [0.25, 0.3) is 10.9 Å². The van der Waals surface area contributed by atoms with Gasteiger partial charge in [0.2, 0.25) is 15.3 Å². The first-order chi connectivity index (χ1) is 11.9. The standard InChI is InChI=1S/C16H14Cl2N4O2S/c17-11-6-7-14-13(10-11)15(21-16(18)20-14)19-8-9-25(23,24)22-12-4-2-1-3-5-12/h1-7,10,22H,8-9H2,(H,19,20,21). The second-order valence-corrected chi connectivity index (χ2v) is 7.83. The van der Waals surface area contributed by atoms with Crippen LogP contribution in [-0.4, -0.2) is 30.7 Å². The molecule has 1 heterocycles. The molecule has 9 heteroatoms. The molecule has 0 bridgehead atoms. The van der Waals surface area contributed by atoms with E-state index >= 15 is 0 Å². The van der Waals surface area contributed by atoms with Gasteiger partial charge in [-0.25, -0.2) is 18.4 Å². The van der Waals surface area contributed by atoms with E-state index in [9.17, 15) is 8.42 Å². The normalized spacial score (nSPS) is 11.4. The smallest absolute Gasteiger partial charge is 0.234 e. The van der Waals surface area contributed by atoms with Crippen molar-refractivity contribution in [2.75, 3.05) is 22.3 Å². The number of hydrogen-bond donors (Lipinski definition) is 2. The number of nitrogens with one attached hydrogen (secondary N) is 2. The predicted octanol–water partition coefficient (Wildman–Crippen LogP) is 3.79. The predicted molar refractivity (Wildman–Crippen MR) is 102 cm³/mol. The Morgan fingerprint density at radius 1 is 1.00 bits per heavy atom. The van der Waals surface area contributed by atoms with Crippen LogP contribution in [0.1, 0.15) is 0 Å². The Labute approximate surface area is 155 Å². The van der Waals surface area contributed by atoms with Crippen molar-refractivity contribution in [3.63, 3.8) is 0 Å². The number of anilines is 2. The largest absolute Gasteiger partial charge is 0.368 e. The molecule has 2 aromatic carbocycles. The Morgan fingerprint density at radius 2 is 1.76 bits per heavy atom. The number of aromatic nitrogens is 2. The first kappa shape index (κ1) is 17.7. The second-order valence-electron chi connectivity index (χ2n) is 5.22.